The minimum atomic E-state index is -0.663. The Bertz CT molecular complexity index is 709. The third kappa shape index (κ3) is 3.55. The van der Waals surface area contributed by atoms with Gasteiger partial charge in [-0.3, -0.25) is 9.69 Å². The molecule has 128 valence electrons. The molecule has 0 amide bonds. The Kier molecular flexibility index (Phi) is 5.36. The molecule has 1 aliphatic rings. The van der Waals surface area contributed by atoms with Crippen LogP contribution in [0.5, 0.6) is 0 Å². The van der Waals surface area contributed by atoms with E-state index in [1.807, 2.05) is 11.3 Å². The monoisotopic (exact) mass is 343 g/mol. The Morgan fingerprint density at radius 3 is 2.79 bits per heavy atom. The van der Waals surface area contributed by atoms with Gasteiger partial charge in [0.1, 0.15) is 0 Å². The largest absolute Gasteiger partial charge is 0.481 e. The molecule has 1 aromatic carbocycles. The molecule has 0 bridgehead atoms. The van der Waals surface area contributed by atoms with Crippen LogP contribution in [0.3, 0.4) is 0 Å². The van der Waals surface area contributed by atoms with Gasteiger partial charge in [0.2, 0.25) is 0 Å². The highest BCUT2D eigenvalue weighted by Gasteiger charge is 2.32. The van der Waals surface area contributed by atoms with Gasteiger partial charge in [0.25, 0.3) is 0 Å². The van der Waals surface area contributed by atoms with Crippen molar-refractivity contribution in [3.05, 3.63) is 57.3 Å². The highest BCUT2D eigenvalue weighted by Crippen LogP contribution is 2.37. The molecular weight excluding hydrogens is 318 g/mol. The summed E-state index contributed by atoms with van der Waals surface area (Å²) in [5.41, 5.74) is 2.57. The van der Waals surface area contributed by atoms with Crippen molar-refractivity contribution >= 4 is 17.3 Å². The fourth-order valence-corrected chi connectivity index (χ4v) is 4.70. The van der Waals surface area contributed by atoms with E-state index in [9.17, 15) is 9.90 Å². The van der Waals surface area contributed by atoms with Crippen LogP contribution in [0, 0.1) is 12.8 Å². The third-order valence-corrected chi connectivity index (χ3v) is 6.23. The van der Waals surface area contributed by atoms with Crippen LogP contribution in [0.25, 0.3) is 0 Å². The Balaban J connectivity index is 1.98. The zero-order valence-electron chi connectivity index (χ0n) is 14.4. The highest BCUT2D eigenvalue weighted by molar-refractivity contribution is 7.12. The van der Waals surface area contributed by atoms with Gasteiger partial charge in [-0.2, -0.15) is 0 Å². The molecule has 1 fully saturated rings. The Hall–Kier alpha value is -1.65. The minimum Gasteiger partial charge on any atom is -0.481 e. The molecule has 24 heavy (non-hydrogen) atoms. The van der Waals surface area contributed by atoms with Gasteiger partial charge in [0.15, 0.2) is 0 Å². The summed E-state index contributed by atoms with van der Waals surface area (Å²) in [6.07, 6.45) is 2.78. The van der Waals surface area contributed by atoms with Crippen LogP contribution in [-0.4, -0.2) is 29.1 Å². The number of hydrogen-bond acceptors (Lipinski definition) is 3. The van der Waals surface area contributed by atoms with Crippen LogP contribution in [0.2, 0.25) is 0 Å². The molecule has 3 nitrogen and oxygen atoms in total. The highest BCUT2D eigenvalue weighted by atomic mass is 32.1. The van der Waals surface area contributed by atoms with Crippen molar-refractivity contribution in [2.75, 3.05) is 13.1 Å². The van der Waals surface area contributed by atoms with Gasteiger partial charge in [-0.25, -0.2) is 0 Å². The Morgan fingerprint density at radius 1 is 1.33 bits per heavy atom. The number of carboxylic acids is 1. The summed E-state index contributed by atoms with van der Waals surface area (Å²) in [6.45, 7) is 5.92. The number of carbonyl (C=O) groups is 1. The van der Waals surface area contributed by atoms with Crippen LogP contribution < -0.4 is 0 Å². The smallest absolute Gasteiger partial charge is 0.307 e. The Labute approximate surface area is 147 Å². The lowest BCUT2D eigenvalue weighted by molar-refractivity contribution is -0.143. The van der Waals surface area contributed by atoms with Crippen LogP contribution in [0.15, 0.2) is 36.4 Å². The molecule has 1 aromatic heterocycles. The molecule has 1 N–H and O–H groups in total. The summed E-state index contributed by atoms with van der Waals surface area (Å²) in [5.74, 6) is -0.917. The summed E-state index contributed by atoms with van der Waals surface area (Å²) in [5, 5.41) is 9.45. The summed E-state index contributed by atoms with van der Waals surface area (Å²) in [4.78, 5) is 16.6. The van der Waals surface area contributed by atoms with Crippen LogP contribution in [0.4, 0.5) is 0 Å². The number of carboxylic acid groups (broad SMARTS) is 1. The number of aryl methyl sites for hydroxylation is 2. The van der Waals surface area contributed by atoms with Crippen molar-refractivity contribution < 1.29 is 9.90 Å². The molecule has 4 heteroatoms. The molecule has 2 heterocycles. The van der Waals surface area contributed by atoms with Gasteiger partial charge in [-0.15, -0.1) is 11.3 Å². The third-order valence-electron chi connectivity index (χ3n) is 4.95. The second kappa shape index (κ2) is 7.49. The van der Waals surface area contributed by atoms with E-state index in [1.165, 1.54) is 20.9 Å². The normalized spacial score (nSPS) is 20.0. The van der Waals surface area contributed by atoms with Crippen LogP contribution in [0.1, 0.15) is 46.7 Å². The first-order valence-electron chi connectivity index (χ1n) is 8.71. The van der Waals surface area contributed by atoms with E-state index in [4.69, 9.17) is 0 Å². The topological polar surface area (TPSA) is 40.5 Å². The first kappa shape index (κ1) is 17.2. The predicted octanol–water partition coefficient (Wildman–Crippen LogP) is 4.50. The van der Waals surface area contributed by atoms with Gasteiger partial charge in [0, 0.05) is 16.3 Å². The SMILES string of the molecule is CCc1ccc(C(c2ccccc2C)N2CCCC(C(=O)O)C2)s1. The maximum Gasteiger partial charge on any atom is 0.307 e. The molecular formula is C20H25NO2S. The van der Waals surface area contributed by atoms with Gasteiger partial charge >= 0.3 is 5.97 Å². The van der Waals surface area contributed by atoms with Gasteiger partial charge in [-0.05, 0) is 56.0 Å². The van der Waals surface area contributed by atoms with Crippen LogP contribution >= 0.6 is 11.3 Å². The first-order valence-corrected chi connectivity index (χ1v) is 9.52. The maximum absolute atomic E-state index is 11.5. The fourth-order valence-electron chi connectivity index (χ4n) is 3.60. The predicted molar refractivity (Wildman–Crippen MR) is 98.7 cm³/mol. The average molecular weight is 343 g/mol. The molecule has 0 aliphatic carbocycles. The van der Waals surface area contributed by atoms with Crippen molar-refractivity contribution in [2.45, 2.75) is 39.2 Å². The number of rotatable bonds is 5. The summed E-state index contributed by atoms with van der Waals surface area (Å²) >= 11 is 1.86. The van der Waals surface area contributed by atoms with Crippen molar-refractivity contribution in [2.24, 2.45) is 5.92 Å². The molecule has 1 saturated heterocycles. The Morgan fingerprint density at radius 2 is 2.12 bits per heavy atom. The maximum atomic E-state index is 11.5. The van der Waals surface area contributed by atoms with E-state index in [2.05, 4.69) is 55.1 Å². The second-order valence-electron chi connectivity index (χ2n) is 6.59. The fraction of sp³-hybridized carbons (Fsp3) is 0.450. The number of aliphatic carboxylic acids is 1. The zero-order valence-corrected chi connectivity index (χ0v) is 15.2. The number of piperidine rings is 1. The standard InChI is InChI=1S/C20H25NO2S/c1-3-16-10-11-18(24-16)19(17-9-5-4-7-14(17)2)21-12-6-8-15(13-21)20(22)23/h4-5,7,9-11,15,19H,3,6,8,12-13H2,1-2H3,(H,22,23). The van der Waals surface area contributed by atoms with Crippen molar-refractivity contribution in [1.82, 2.24) is 4.90 Å². The quantitative estimate of drug-likeness (QED) is 0.868. The van der Waals surface area contributed by atoms with E-state index in [1.54, 1.807) is 0 Å². The van der Waals surface area contributed by atoms with Crippen molar-refractivity contribution in [1.29, 1.82) is 0 Å². The molecule has 2 aromatic rings. The number of benzene rings is 1. The van der Waals surface area contributed by atoms with Crippen molar-refractivity contribution in [3.63, 3.8) is 0 Å². The van der Waals surface area contributed by atoms with Gasteiger partial charge < -0.3 is 5.11 Å². The number of hydrogen-bond donors (Lipinski definition) is 1. The van der Waals surface area contributed by atoms with Crippen LogP contribution in [-0.2, 0) is 11.2 Å². The first-order chi connectivity index (χ1) is 11.6. The van der Waals surface area contributed by atoms with Gasteiger partial charge in [-0.1, -0.05) is 31.2 Å². The zero-order chi connectivity index (χ0) is 17.1. The molecule has 1 aliphatic heterocycles. The molecule has 3 rings (SSSR count). The molecule has 0 saturated carbocycles. The average Bonchev–Trinajstić information content (AvgIpc) is 3.06. The number of thiophene rings is 1. The van der Waals surface area contributed by atoms with E-state index >= 15 is 0 Å². The number of likely N-dealkylation sites (tertiary alicyclic amines) is 1. The van der Waals surface area contributed by atoms with Gasteiger partial charge in [0.05, 0.1) is 12.0 Å². The summed E-state index contributed by atoms with van der Waals surface area (Å²) in [6, 6.07) is 13.1. The minimum absolute atomic E-state index is 0.165. The van der Waals surface area contributed by atoms with E-state index in [0.29, 0.717) is 6.54 Å². The summed E-state index contributed by atoms with van der Waals surface area (Å²) in [7, 11) is 0. The molecule has 0 radical (unpaired) electrons. The van der Waals surface area contributed by atoms with E-state index in [-0.39, 0.29) is 12.0 Å². The number of nitrogens with zero attached hydrogens (tertiary/aromatic N) is 1. The van der Waals surface area contributed by atoms with E-state index in [0.717, 1.165) is 25.8 Å². The van der Waals surface area contributed by atoms with Crippen molar-refractivity contribution in [3.8, 4) is 0 Å². The lowest BCUT2D eigenvalue weighted by Crippen LogP contribution is -2.41. The lowest BCUT2D eigenvalue weighted by Gasteiger charge is -2.37. The second-order valence-corrected chi connectivity index (χ2v) is 7.79. The molecule has 2 unspecified atom stereocenters. The summed E-state index contributed by atoms with van der Waals surface area (Å²) < 4.78 is 0. The van der Waals surface area contributed by atoms with E-state index < -0.39 is 5.97 Å². The molecule has 2 atom stereocenters. The molecule has 0 spiro atoms. The lowest BCUT2D eigenvalue weighted by atomic mass is 9.92.